The second-order valence-electron chi connectivity index (χ2n) is 6.65. The lowest BCUT2D eigenvalue weighted by Gasteiger charge is -2.24. The molecule has 128 valence electrons. The molecule has 0 unspecified atom stereocenters. The lowest BCUT2D eigenvalue weighted by molar-refractivity contribution is -0.120. The molecule has 0 saturated carbocycles. The van der Waals surface area contributed by atoms with Crippen molar-refractivity contribution in [3.63, 3.8) is 0 Å². The van der Waals surface area contributed by atoms with Crippen LogP contribution in [0, 0.1) is 0 Å². The Bertz CT molecular complexity index is 723. The second-order valence-corrected chi connectivity index (χ2v) is 8.12. The highest BCUT2D eigenvalue weighted by Gasteiger charge is 2.32. The average Bonchev–Trinajstić information content (AvgIpc) is 3.04. The molecular weight excluding hydrogens is 342 g/mol. The van der Waals surface area contributed by atoms with Crippen LogP contribution in [0.4, 0.5) is 5.13 Å². The predicted octanol–water partition coefficient (Wildman–Crippen LogP) is 4.18. The zero-order chi connectivity index (χ0) is 17.2. The van der Waals surface area contributed by atoms with E-state index in [1.165, 1.54) is 4.88 Å². The summed E-state index contributed by atoms with van der Waals surface area (Å²) >= 11 is 7.84. The number of hydrogen-bond donors (Lipinski definition) is 2. The Labute approximate surface area is 151 Å². The number of aromatic nitrogens is 1. The minimum Gasteiger partial charge on any atom is -0.317 e. The van der Waals surface area contributed by atoms with Crippen LogP contribution in [0.2, 0.25) is 5.02 Å². The third-order valence-corrected chi connectivity index (χ3v) is 6.01. The minimum atomic E-state index is -0.723. The largest absolute Gasteiger partial charge is 0.317 e. The number of carbonyl (C=O) groups excluding carboxylic acids is 1. The Kier molecular flexibility index (Phi) is 5.23. The number of benzene rings is 1. The molecule has 1 aromatic carbocycles. The summed E-state index contributed by atoms with van der Waals surface area (Å²) in [6.07, 6.45) is 4.15. The zero-order valence-electron chi connectivity index (χ0n) is 13.9. The molecular formula is C18H22ClN3OS. The average molecular weight is 364 g/mol. The van der Waals surface area contributed by atoms with Crippen LogP contribution < -0.4 is 10.6 Å². The van der Waals surface area contributed by atoms with Gasteiger partial charge in [0.15, 0.2) is 5.13 Å². The fourth-order valence-electron chi connectivity index (χ4n) is 2.98. The molecule has 0 aliphatic carbocycles. The van der Waals surface area contributed by atoms with E-state index >= 15 is 0 Å². The van der Waals surface area contributed by atoms with Gasteiger partial charge >= 0.3 is 0 Å². The molecule has 1 aromatic heterocycles. The van der Waals surface area contributed by atoms with Crippen LogP contribution in [0.15, 0.2) is 30.5 Å². The molecule has 3 rings (SSSR count). The topological polar surface area (TPSA) is 54.0 Å². The first-order valence-electron chi connectivity index (χ1n) is 8.21. The van der Waals surface area contributed by atoms with Crippen molar-refractivity contribution in [3.8, 4) is 0 Å². The smallest absolute Gasteiger partial charge is 0.236 e. The van der Waals surface area contributed by atoms with Crippen LogP contribution in [0.5, 0.6) is 0 Å². The van der Waals surface area contributed by atoms with Crippen molar-refractivity contribution in [2.45, 2.75) is 38.0 Å². The van der Waals surface area contributed by atoms with Crippen LogP contribution in [-0.2, 0) is 10.2 Å². The molecule has 6 heteroatoms. The number of thiazole rings is 1. The molecule has 1 saturated heterocycles. The maximum absolute atomic E-state index is 12.8. The number of nitrogens with one attached hydrogen (secondary N) is 2. The van der Waals surface area contributed by atoms with E-state index in [-0.39, 0.29) is 5.91 Å². The van der Waals surface area contributed by atoms with Crippen molar-refractivity contribution >= 4 is 34.0 Å². The molecule has 1 aliphatic heterocycles. The number of rotatable bonds is 4. The third-order valence-electron chi connectivity index (χ3n) is 4.60. The van der Waals surface area contributed by atoms with Crippen molar-refractivity contribution in [3.05, 3.63) is 45.9 Å². The lowest BCUT2D eigenvalue weighted by Crippen LogP contribution is -2.35. The van der Waals surface area contributed by atoms with Crippen molar-refractivity contribution < 1.29 is 4.79 Å². The number of halogens is 1. The van der Waals surface area contributed by atoms with Gasteiger partial charge in [-0.15, -0.1) is 11.3 Å². The van der Waals surface area contributed by atoms with Gasteiger partial charge in [-0.2, -0.15) is 0 Å². The normalized spacial score (nSPS) is 16.1. The summed E-state index contributed by atoms with van der Waals surface area (Å²) < 4.78 is 0. The summed E-state index contributed by atoms with van der Waals surface area (Å²) in [6.45, 7) is 5.85. The molecule has 0 atom stereocenters. The highest BCUT2D eigenvalue weighted by atomic mass is 35.5. The zero-order valence-corrected chi connectivity index (χ0v) is 15.5. The summed E-state index contributed by atoms with van der Waals surface area (Å²) in [5.41, 5.74) is 0.0955. The lowest BCUT2D eigenvalue weighted by atomic mass is 9.84. The number of carbonyl (C=O) groups is 1. The first-order chi connectivity index (χ1) is 11.5. The Morgan fingerprint density at radius 1 is 1.33 bits per heavy atom. The highest BCUT2D eigenvalue weighted by Crippen LogP contribution is 2.34. The molecule has 0 radical (unpaired) electrons. The molecule has 4 nitrogen and oxygen atoms in total. The first kappa shape index (κ1) is 17.4. The summed E-state index contributed by atoms with van der Waals surface area (Å²) in [6, 6.07) is 7.47. The summed E-state index contributed by atoms with van der Waals surface area (Å²) in [5.74, 6) is 0.452. The summed E-state index contributed by atoms with van der Waals surface area (Å²) in [5, 5.41) is 7.60. The van der Waals surface area contributed by atoms with Gasteiger partial charge in [0.05, 0.1) is 5.41 Å². The van der Waals surface area contributed by atoms with E-state index in [0.29, 0.717) is 16.1 Å². The maximum atomic E-state index is 12.8. The number of anilines is 1. The van der Waals surface area contributed by atoms with Gasteiger partial charge in [-0.1, -0.05) is 29.8 Å². The van der Waals surface area contributed by atoms with Crippen LogP contribution in [0.3, 0.4) is 0 Å². The fourth-order valence-corrected chi connectivity index (χ4v) is 4.34. The van der Waals surface area contributed by atoms with Gasteiger partial charge in [-0.05, 0) is 57.3 Å². The Balaban J connectivity index is 1.72. The van der Waals surface area contributed by atoms with Gasteiger partial charge in [-0.25, -0.2) is 4.98 Å². The molecule has 24 heavy (non-hydrogen) atoms. The number of hydrogen-bond acceptors (Lipinski definition) is 4. The van der Waals surface area contributed by atoms with Crippen molar-refractivity contribution in [2.75, 3.05) is 18.4 Å². The van der Waals surface area contributed by atoms with Crippen LogP contribution >= 0.6 is 22.9 Å². The third kappa shape index (κ3) is 3.63. The van der Waals surface area contributed by atoms with E-state index in [1.54, 1.807) is 11.3 Å². The Hall–Kier alpha value is -1.43. The van der Waals surface area contributed by atoms with E-state index in [9.17, 15) is 4.79 Å². The van der Waals surface area contributed by atoms with Gasteiger partial charge in [0, 0.05) is 16.1 Å². The second kappa shape index (κ2) is 7.21. The van der Waals surface area contributed by atoms with E-state index in [1.807, 2.05) is 44.3 Å². The molecule has 1 fully saturated rings. The van der Waals surface area contributed by atoms with Gasteiger partial charge < -0.3 is 10.6 Å². The van der Waals surface area contributed by atoms with E-state index in [0.717, 1.165) is 31.5 Å². The Morgan fingerprint density at radius 3 is 2.75 bits per heavy atom. The molecule has 0 bridgehead atoms. The van der Waals surface area contributed by atoms with Crippen LogP contribution in [-0.4, -0.2) is 24.0 Å². The molecule has 2 heterocycles. The fraction of sp³-hybridized carbons (Fsp3) is 0.444. The summed E-state index contributed by atoms with van der Waals surface area (Å²) in [7, 11) is 0. The van der Waals surface area contributed by atoms with Gasteiger partial charge in [0.2, 0.25) is 5.91 Å². The van der Waals surface area contributed by atoms with Crippen molar-refractivity contribution in [2.24, 2.45) is 0 Å². The molecule has 1 amide bonds. The predicted molar refractivity (Wildman–Crippen MR) is 100 cm³/mol. The minimum absolute atomic E-state index is 0.0955. The molecule has 0 spiro atoms. The highest BCUT2D eigenvalue weighted by molar-refractivity contribution is 7.15. The van der Waals surface area contributed by atoms with Crippen LogP contribution in [0.25, 0.3) is 0 Å². The number of amides is 1. The maximum Gasteiger partial charge on any atom is 0.236 e. The standard InChI is InChI=1S/C18H22ClN3OS/c1-18(2,13-5-3-4-6-14(13)19)16(23)22-17-21-11-15(24-17)12-7-9-20-10-8-12/h3-6,11-12,20H,7-10H2,1-2H3,(H,21,22,23). The molecule has 2 aromatic rings. The van der Waals surface area contributed by atoms with E-state index in [4.69, 9.17) is 11.6 Å². The molecule has 1 aliphatic rings. The monoisotopic (exact) mass is 363 g/mol. The van der Waals surface area contributed by atoms with Crippen molar-refractivity contribution in [1.29, 1.82) is 0 Å². The quantitative estimate of drug-likeness (QED) is 0.856. The van der Waals surface area contributed by atoms with E-state index in [2.05, 4.69) is 15.6 Å². The van der Waals surface area contributed by atoms with E-state index < -0.39 is 5.41 Å². The van der Waals surface area contributed by atoms with Gasteiger partial charge in [0.25, 0.3) is 0 Å². The number of piperidine rings is 1. The Morgan fingerprint density at radius 2 is 2.04 bits per heavy atom. The van der Waals surface area contributed by atoms with Crippen LogP contribution in [0.1, 0.15) is 43.0 Å². The number of nitrogens with zero attached hydrogens (tertiary/aromatic N) is 1. The van der Waals surface area contributed by atoms with Gasteiger partial charge in [-0.3, -0.25) is 4.79 Å². The first-order valence-corrected chi connectivity index (χ1v) is 9.41. The molecule has 2 N–H and O–H groups in total. The van der Waals surface area contributed by atoms with Gasteiger partial charge in [0.1, 0.15) is 0 Å². The van der Waals surface area contributed by atoms with Crippen molar-refractivity contribution in [1.82, 2.24) is 10.3 Å². The summed E-state index contributed by atoms with van der Waals surface area (Å²) in [4.78, 5) is 18.4. The SMILES string of the molecule is CC(C)(C(=O)Nc1ncc(C2CCNCC2)s1)c1ccccc1Cl.